The summed E-state index contributed by atoms with van der Waals surface area (Å²) in [6.07, 6.45) is 5.74. The monoisotopic (exact) mass is 281 g/mol. The van der Waals surface area contributed by atoms with Crippen LogP contribution in [-0.2, 0) is 12.8 Å². The number of rotatable bonds is 2. The maximum atomic E-state index is 5.87. The first-order valence-corrected chi connectivity index (χ1v) is 7.62. The van der Waals surface area contributed by atoms with Gasteiger partial charge in [-0.05, 0) is 36.1 Å². The topological polar surface area (TPSA) is 34.7 Å². The Morgan fingerprint density at radius 3 is 3.00 bits per heavy atom. The highest BCUT2D eigenvalue weighted by Crippen LogP contribution is 2.41. The summed E-state index contributed by atoms with van der Waals surface area (Å²) in [7, 11) is 0. The summed E-state index contributed by atoms with van der Waals surface area (Å²) in [4.78, 5) is 4.74. The van der Waals surface area contributed by atoms with Crippen LogP contribution >= 0.6 is 0 Å². The minimum atomic E-state index is 0.377. The lowest BCUT2D eigenvalue weighted by Crippen LogP contribution is -2.21. The first-order valence-electron chi connectivity index (χ1n) is 7.62. The first kappa shape index (κ1) is 12.7. The van der Waals surface area contributed by atoms with E-state index in [4.69, 9.17) is 14.1 Å². The molecular weight excluding hydrogens is 262 g/mol. The standard InChI is InChI=1S/C18H19NO2/c1-11(2)16-9-12-8-14(17-4-3-6-20-17)18-13(5-7-21-18)15(12)10-19-16/h3-4,6,8,10-11,16H,5,7,9H2,1-2H3. The van der Waals surface area contributed by atoms with Crippen LogP contribution in [0.5, 0.6) is 5.75 Å². The Morgan fingerprint density at radius 1 is 1.33 bits per heavy atom. The molecule has 3 heteroatoms. The maximum absolute atomic E-state index is 5.87. The molecule has 0 saturated carbocycles. The van der Waals surface area contributed by atoms with Crippen molar-refractivity contribution in [1.82, 2.24) is 0 Å². The van der Waals surface area contributed by atoms with Crippen LogP contribution < -0.4 is 4.74 Å². The van der Waals surface area contributed by atoms with Gasteiger partial charge in [-0.15, -0.1) is 0 Å². The Hall–Kier alpha value is -2.03. The van der Waals surface area contributed by atoms with Crippen LogP contribution in [-0.4, -0.2) is 18.9 Å². The fourth-order valence-electron chi connectivity index (χ4n) is 3.27. The molecule has 2 aromatic rings. The third kappa shape index (κ3) is 1.99. The third-order valence-electron chi connectivity index (χ3n) is 4.49. The average molecular weight is 281 g/mol. The van der Waals surface area contributed by atoms with Crippen LogP contribution in [0.2, 0.25) is 0 Å². The maximum Gasteiger partial charge on any atom is 0.137 e. The molecule has 108 valence electrons. The molecule has 1 atom stereocenters. The second-order valence-corrected chi connectivity index (χ2v) is 6.17. The summed E-state index contributed by atoms with van der Waals surface area (Å²) in [5.41, 5.74) is 5.03. The van der Waals surface area contributed by atoms with E-state index in [-0.39, 0.29) is 0 Å². The van der Waals surface area contributed by atoms with E-state index in [1.54, 1.807) is 6.26 Å². The highest BCUT2D eigenvalue weighted by atomic mass is 16.5. The minimum absolute atomic E-state index is 0.377. The lowest BCUT2D eigenvalue weighted by Gasteiger charge is -2.24. The van der Waals surface area contributed by atoms with E-state index in [0.717, 1.165) is 36.5 Å². The van der Waals surface area contributed by atoms with Crippen molar-refractivity contribution in [3.8, 4) is 17.1 Å². The van der Waals surface area contributed by atoms with Crippen LogP contribution in [0.1, 0.15) is 30.5 Å². The number of benzene rings is 1. The van der Waals surface area contributed by atoms with Crippen LogP contribution in [0.3, 0.4) is 0 Å². The van der Waals surface area contributed by atoms with Crippen molar-refractivity contribution in [3.63, 3.8) is 0 Å². The van der Waals surface area contributed by atoms with Gasteiger partial charge in [0.05, 0.1) is 24.5 Å². The molecule has 0 radical (unpaired) electrons. The molecule has 0 aliphatic carbocycles. The molecule has 0 spiro atoms. The number of hydrogen-bond donors (Lipinski definition) is 0. The molecule has 0 N–H and O–H groups in total. The number of nitrogens with zero attached hydrogens (tertiary/aromatic N) is 1. The van der Waals surface area contributed by atoms with Gasteiger partial charge in [0, 0.05) is 23.8 Å². The zero-order valence-corrected chi connectivity index (χ0v) is 12.4. The quantitative estimate of drug-likeness (QED) is 0.837. The summed E-state index contributed by atoms with van der Waals surface area (Å²) < 4.78 is 11.5. The second-order valence-electron chi connectivity index (χ2n) is 6.17. The molecule has 3 heterocycles. The van der Waals surface area contributed by atoms with Crippen LogP contribution in [0, 0.1) is 5.92 Å². The lowest BCUT2D eigenvalue weighted by atomic mass is 9.87. The van der Waals surface area contributed by atoms with Crippen LogP contribution in [0.4, 0.5) is 0 Å². The van der Waals surface area contributed by atoms with E-state index >= 15 is 0 Å². The SMILES string of the molecule is CC(C)C1Cc2cc(-c3ccco3)c3c(c2C=N1)CCO3. The lowest BCUT2D eigenvalue weighted by molar-refractivity contribution is 0.357. The van der Waals surface area contributed by atoms with Crippen molar-refractivity contribution in [2.45, 2.75) is 32.7 Å². The number of ether oxygens (including phenoxy) is 1. The normalized spacial score (nSPS) is 19.5. The van der Waals surface area contributed by atoms with E-state index in [9.17, 15) is 0 Å². The van der Waals surface area contributed by atoms with E-state index < -0.39 is 0 Å². The molecule has 0 saturated heterocycles. The zero-order valence-electron chi connectivity index (χ0n) is 12.4. The molecule has 4 rings (SSSR count). The van der Waals surface area contributed by atoms with E-state index in [2.05, 4.69) is 26.1 Å². The summed E-state index contributed by atoms with van der Waals surface area (Å²) >= 11 is 0. The molecule has 21 heavy (non-hydrogen) atoms. The van der Waals surface area contributed by atoms with Crippen molar-refractivity contribution in [1.29, 1.82) is 0 Å². The number of aliphatic imine (C=N–C) groups is 1. The van der Waals surface area contributed by atoms with Gasteiger partial charge in [-0.2, -0.15) is 0 Å². The van der Waals surface area contributed by atoms with E-state index in [1.165, 1.54) is 16.7 Å². The van der Waals surface area contributed by atoms with Crippen molar-refractivity contribution in [3.05, 3.63) is 41.2 Å². The molecule has 2 aliphatic heterocycles. The van der Waals surface area contributed by atoms with Crippen molar-refractivity contribution >= 4 is 6.21 Å². The third-order valence-corrected chi connectivity index (χ3v) is 4.49. The highest BCUT2D eigenvalue weighted by Gasteiger charge is 2.28. The Kier molecular flexibility index (Phi) is 2.88. The molecule has 0 bridgehead atoms. The highest BCUT2D eigenvalue weighted by molar-refractivity contribution is 5.89. The summed E-state index contributed by atoms with van der Waals surface area (Å²) in [5, 5.41) is 0. The van der Waals surface area contributed by atoms with Gasteiger partial charge in [-0.1, -0.05) is 13.8 Å². The van der Waals surface area contributed by atoms with Gasteiger partial charge in [0.25, 0.3) is 0 Å². The Balaban J connectivity index is 1.88. The van der Waals surface area contributed by atoms with Gasteiger partial charge in [0.1, 0.15) is 11.5 Å². The van der Waals surface area contributed by atoms with E-state index in [0.29, 0.717) is 12.0 Å². The van der Waals surface area contributed by atoms with Gasteiger partial charge in [-0.25, -0.2) is 0 Å². The molecular formula is C18H19NO2. The van der Waals surface area contributed by atoms with E-state index in [1.807, 2.05) is 12.1 Å². The first-order chi connectivity index (χ1) is 10.2. The van der Waals surface area contributed by atoms with Gasteiger partial charge in [0.15, 0.2) is 0 Å². The predicted octanol–water partition coefficient (Wildman–Crippen LogP) is 3.88. The molecule has 0 amide bonds. The van der Waals surface area contributed by atoms with Crippen LogP contribution in [0.15, 0.2) is 33.9 Å². The summed E-state index contributed by atoms with van der Waals surface area (Å²) in [6, 6.07) is 6.54. The molecule has 1 aromatic carbocycles. The van der Waals surface area contributed by atoms with Crippen molar-refractivity contribution in [2.24, 2.45) is 10.9 Å². The summed E-state index contributed by atoms with van der Waals surface area (Å²) in [5.74, 6) is 2.43. The summed E-state index contributed by atoms with van der Waals surface area (Å²) in [6.45, 7) is 5.22. The van der Waals surface area contributed by atoms with Gasteiger partial charge in [0.2, 0.25) is 0 Å². The van der Waals surface area contributed by atoms with Gasteiger partial charge < -0.3 is 9.15 Å². The fourth-order valence-corrected chi connectivity index (χ4v) is 3.27. The smallest absolute Gasteiger partial charge is 0.137 e. The average Bonchev–Trinajstić information content (AvgIpc) is 3.17. The molecule has 1 aromatic heterocycles. The largest absolute Gasteiger partial charge is 0.492 e. The predicted molar refractivity (Wildman–Crippen MR) is 83.3 cm³/mol. The van der Waals surface area contributed by atoms with Crippen LogP contribution in [0.25, 0.3) is 11.3 Å². The zero-order chi connectivity index (χ0) is 14.4. The number of furan rings is 1. The second kappa shape index (κ2) is 4.76. The minimum Gasteiger partial charge on any atom is -0.492 e. The fraction of sp³-hybridized carbons (Fsp3) is 0.389. The Labute approximate surface area is 124 Å². The van der Waals surface area contributed by atoms with Crippen molar-refractivity contribution in [2.75, 3.05) is 6.61 Å². The molecule has 0 fully saturated rings. The number of fused-ring (bicyclic) bond motifs is 3. The number of hydrogen-bond acceptors (Lipinski definition) is 3. The Morgan fingerprint density at radius 2 is 2.24 bits per heavy atom. The van der Waals surface area contributed by atoms with Gasteiger partial charge in [-0.3, -0.25) is 4.99 Å². The molecule has 1 unspecified atom stereocenters. The molecule has 3 nitrogen and oxygen atoms in total. The van der Waals surface area contributed by atoms with Gasteiger partial charge >= 0.3 is 0 Å². The molecule has 2 aliphatic rings. The van der Waals surface area contributed by atoms with Crippen molar-refractivity contribution < 1.29 is 9.15 Å². The Bertz CT molecular complexity index is 699.